The molecule has 0 amide bonds. The van der Waals surface area contributed by atoms with Gasteiger partial charge >= 0.3 is 0 Å². The molecular formula is C15H18O2. The van der Waals surface area contributed by atoms with Gasteiger partial charge in [-0.15, -0.1) is 0 Å². The number of aliphatic hydroxyl groups is 1. The number of aryl methyl sites for hydroxylation is 1. The van der Waals surface area contributed by atoms with E-state index in [1.165, 1.54) is 5.56 Å². The van der Waals surface area contributed by atoms with Crippen LogP contribution >= 0.6 is 0 Å². The molecular weight excluding hydrogens is 212 g/mol. The van der Waals surface area contributed by atoms with Gasteiger partial charge in [0.15, 0.2) is 0 Å². The predicted octanol–water partition coefficient (Wildman–Crippen LogP) is 3.75. The minimum absolute atomic E-state index is 0.579. The van der Waals surface area contributed by atoms with Gasteiger partial charge in [0.05, 0.1) is 0 Å². The monoisotopic (exact) mass is 230 g/mol. The van der Waals surface area contributed by atoms with Crippen molar-refractivity contribution in [2.45, 2.75) is 38.7 Å². The van der Waals surface area contributed by atoms with Gasteiger partial charge in [-0.25, -0.2) is 0 Å². The number of benzene rings is 1. The summed E-state index contributed by atoms with van der Waals surface area (Å²) in [4.78, 5) is 0. The van der Waals surface area contributed by atoms with E-state index in [0.29, 0.717) is 5.92 Å². The first-order chi connectivity index (χ1) is 8.07. The Morgan fingerprint density at radius 1 is 1.35 bits per heavy atom. The van der Waals surface area contributed by atoms with E-state index in [0.717, 1.165) is 36.0 Å². The van der Waals surface area contributed by atoms with Gasteiger partial charge < -0.3 is 9.52 Å². The van der Waals surface area contributed by atoms with E-state index >= 15 is 0 Å². The summed E-state index contributed by atoms with van der Waals surface area (Å²) < 4.78 is 5.81. The molecule has 2 atom stereocenters. The van der Waals surface area contributed by atoms with E-state index in [4.69, 9.17) is 4.42 Å². The highest BCUT2D eigenvalue weighted by Crippen LogP contribution is 2.43. The quantitative estimate of drug-likeness (QED) is 0.809. The fraction of sp³-hybridized carbons (Fsp3) is 0.467. The van der Waals surface area contributed by atoms with E-state index in [-0.39, 0.29) is 0 Å². The van der Waals surface area contributed by atoms with E-state index < -0.39 is 5.60 Å². The third kappa shape index (κ3) is 1.77. The van der Waals surface area contributed by atoms with Gasteiger partial charge in [-0.05, 0) is 50.3 Å². The van der Waals surface area contributed by atoms with E-state index in [9.17, 15) is 5.11 Å². The van der Waals surface area contributed by atoms with Crippen LogP contribution in [0.25, 0.3) is 11.0 Å². The zero-order valence-electron chi connectivity index (χ0n) is 10.4. The Kier molecular flexibility index (Phi) is 2.30. The normalized spacial score (nSPS) is 29.0. The van der Waals surface area contributed by atoms with Gasteiger partial charge in [0, 0.05) is 5.39 Å². The molecule has 1 aromatic carbocycles. The maximum Gasteiger partial charge on any atom is 0.136 e. The molecule has 0 bridgehead atoms. The highest BCUT2D eigenvalue weighted by atomic mass is 16.4. The van der Waals surface area contributed by atoms with Crippen LogP contribution in [-0.4, -0.2) is 5.11 Å². The molecule has 1 N–H and O–H groups in total. The Labute approximate surface area is 101 Å². The minimum Gasteiger partial charge on any atom is -0.458 e. The molecule has 3 rings (SSSR count). The maximum atomic E-state index is 10.6. The highest BCUT2D eigenvalue weighted by molar-refractivity contribution is 5.78. The lowest BCUT2D eigenvalue weighted by Crippen LogP contribution is -2.20. The van der Waals surface area contributed by atoms with Crippen LogP contribution in [0.1, 0.15) is 37.5 Å². The van der Waals surface area contributed by atoms with Gasteiger partial charge in [-0.1, -0.05) is 18.6 Å². The van der Waals surface area contributed by atoms with E-state index in [1.807, 2.05) is 18.2 Å². The van der Waals surface area contributed by atoms with Crippen molar-refractivity contribution in [3.05, 3.63) is 35.6 Å². The SMILES string of the molecule is Cc1ccc2oc(C3(O)CCC(C)C3)cc2c1. The van der Waals surface area contributed by atoms with Crippen LogP contribution in [0.2, 0.25) is 0 Å². The van der Waals surface area contributed by atoms with Crippen LogP contribution in [0.3, 0.4) is 0 Å². The summed E-state index contributed by atoms with van der Waals surface area (Å²) in [7, 11) is 0. The van der Waals surface area contributed by atoms with Crippen molar-refractivity contribution in [3.63, 3.8) is 0 Å². The number of rotatable bonds is 1. The lowest BCUT2D eigenvalue weighted by Gasteiger charge is -2.19. The van der Waals surface area contributed by atoms with E-state index in [2.05, 4.69) is 19.9 Å². The molecule has 2 unspecified atom stereocenters. The summed E-state index contributed by atoms with van der Waals surface area (Å²) >= 11 is 0. The molecule has 0 radical (unpaired) electrons. The molecule has 17 heavy (non-hydrogen) atoms. The van der Waals surface area contributed by atoms with Crippen molar-refractivity contribution >= 4 is 11.0 Å². The van der Waals surface area contributed by atoms with Crippen molar-refractivity contribution in [3.8, 4) is 0 Å². The van der Waals surface area contributed by atoms with Crippen molar-refractivity contribution in [2.75, 3.05) is 0 Å². The molecule has 2 nitrogen and oxygen atoms in total. The van der Waals surface area contributed by atoms with Crippen LogP contribution in [0.15, 0.2) is 28.7 Å². The first-order valence-corrected chi connectivity index (χ1v) is 6.30. The van der Waals surface area contributed by atoms with Gasteiger partial charge in [0.25, 0.3) is 0 Å². The average molecular weight is 230 g/mol. The number of hydrogen-bond acceptors (Lipinski definition) is 2. The first kappa shape index (κ1) is 10.8. The predicted molar refractivity (Wildman–Crippen MR) is 67.9 cm³/mol. The summed E-state index contributed by atoms with van der Waals surface area (Å²) in [5.74, 6) is 1.32. The maximum absolute atomic E-state index is 10.6. The van der Waals surface area contributed by atoms with Gasteiger partial charge in [0.2, 0.25) is 0 Å². The Morgan fingerprint density at radius 2 is 2.18 bits per heavy atom. The Morgan fingerprint density at radius 3 is 2.88 bits per heavy atom. The smallest absolute Gasteiger partial charge is 0.136 e. The van der Waals surface area contributed by atoms with Crippen LogP contribution in [-0.2, 0) is 5.60 Å². The Hall–Kier alpha value is -1.28. The molecule has 0 saturated heterocycles. The van der Waals surface area contributed by atoms with Crippen molar-refractivity contribution < 1.29 is 9.52 Å². The molecule has 1 aromatic heterocycles. The summed E-state index contributed by atoms with van der Waals surface area (Å²) in [6, 6.07) is 8.12. The second-order valence-electron chi connectivity index (χ2n) is 5.53. The molecule has 1 fully saturated rings. The Bertz CT molecular complexity index is 555. The molecule has 0 spiro atoms. The molecule has 1 aliphatic rings. The van der Waals surface area contributed by atoms with Gasteiger partial charge in [0.1, 0.15) is 16.9 Å². The fourth-order valence-electron chi connectivity index (χ4n) is 2.88. The van der Waals surface area contributed by atoms with Crippen molar-refractivity contribution in [1.29, 1.82) is 0 Å². The van der Waals surface area contributed by atoms with Crippen LogP contribution in [0.5, 0.6) is 0 Å². The summed E-state index contributed by atoms with van der Waals surface area (Å²) in [5.41, 5.74) is 1.35. The fourth-order valence-corrected chi connectivity index (χ4v) is 2.88. The third-order valence-corrected chi connectivity index (χ3v) is 3.87. The minimum atomic E-state index is -0.744. The third-order valence-electron chi connectivity index (χ3n) is 3.87. The van der Waals surface area contributed by atoms with Crippen LogP contribution < -0.4 is 0 Å². The van der Waals surface area contributed by atoms with Crippen LogP contribution in [0.4, 0.5) is 0 Å². The molecule has 2 heteroatoms. The van der Waals surface area contributed by atoms with Gasteiger partial charge in [-0.2, -0.15) is 0 Å². The van der Waals surface area contributed by atoms with E-state index in [1.54, 1.807) is 0 Å². The zero-order valence-corrected chi connectivity index (χ0v) is 10.4. The molecule has 1 heterocycles. The first-order valence-electron chi connectivity index (χ1n) is 6.30. The molecule has 1 saturated carbocycles. The highest BCUT2D eigenvalue weighted by Gasteiger charge is 2.39. The largest absolute Gasteiger partial charge is 0.458 e. The number of furan rings is 1. The zero-order chi connectivity index (χ0) is 12.0. The summed E-state index contributed by atoms with van der Waals surface area (Å²) in [6.07, 6.45) is 2.70. The molecule has 1 aliphatic carbocycles. The van der Waals surface area contributed by atoms with Gasteiger partial charge in [-0.3, -0.25) is 0 Å². The summed E-state index contributed by atoms with van der Waals surface area (Å²) in [5, 5.41) is 11.7. The van der Waals surface area contributed by atoms with Crippen molar-refractivity contribution in [2.24, 2.45) is 5.92 Å². The molecule has 2 aromatic rings. The topological polar surface area (TPSA) is 33.4 Å². The number of hydrogen-bond donors (Lipinski definition) is 1. The number of fused-ring (bicyclic) bond motifs is 1. The molecule has 90 valence electrons. The lowest BCUT2D eigenvalue weighted by molar-refractivity contribution is 0.0201. The lowest BCUT2D eigenvalue weighted by atomic mass is 9.97. The summed E-state index contributed by atoms with van der Waals surface area (Å²) in [6.45, 7) is 4.25. The Balaban J connectivity index is 2.06. The van der Waals surface area contributed by atoms with Crippen molar-refractivity contribution in [1.82, 2.24) is 0 Å². The average Bonchev–Trinajstić information content (AvgIpc) is 2.83. The van der Waals surface area contributed by atoms with Crippen LogP contribution in [0, 0.1) is 12.8 Å². The molecule has 0 aliphatic heterocycles. The second kappa shape index (κ2) is 3.61. The second-order valence-corrected chi connectivity index (χ2v) is 5.53. The standard InChI is InChI=1S/C15H18O2/c1-10-3-4-13-12(7-10)8-14(17-13)15(16)6-5-11(2)9-15/h3-4,7-8,11,16H,5-6,9H2,1-2H3.